The fraction of sp³-hybridized carbons (Fsp3) is 0.714. The van der Waals surface area contributed by atoms with Crippen LogP contribution in [0.1, 0.15) is 0 Å². The van der Waals surface area contributed by atoms with Crippen LogP contribution in [0.5, 0.6) is 0 Å². The molecule has 1 N–H and O–H groups in total. The Morgan fingerprint density at radius 1 is 1.64 bits per heavy atom. The van der Waals surface area contributed by atoms with E-state index in [-0.39, 0.29) is 12.6 Å². The third-order valence-electron chi connectivity index (χ3n) is 2.07. The number of nitrogens with zero attached hydrogens (tertiary/aromatic N) is 3. The van der Waals surface area contributed by atoms with E-state index in [1.54, 1.807) is 0 Å². The predicted octanol–water partition coefficient (Wildman–Crippen LogP) is 0.498. The molecule has 5 nitrogen and oxygen atoms in total. The molecule has 2 heterocycles. The van der Waals surface area contributed by atoms with Gasteiger partial charge in [-0.3, -0.25) is 0 Å². The Hall–Kier alpha value is -0.240. The predicted molar refractivity (Wildman–Crippen MR) is 56.6 cm³/mol. The Morgan fingerprint density at radius 2 is 2.50 bits per heavy atom. The van der Waals surface area contributed by atoms with Crippen molar-refractivity contribution in [2.75, 3.05) is 31.3 Å². The molecule has 1 aliphatic heterocycles. The smallest absolute Gasteiger partial charge is 0.209 e. The zero-order valence-electron chi connectivity index (χ0n) is 7.39. The van der Waals surface area contributed by atoms with E-state index < -0.39 is 0 Å². The zero-order valence-corrected chi connectivity index (χ0v) is 9.79. The molecule has 1 aromatic rings. The first kappa shape index (κ1) is 10.3. The highest BCUT2D eigenvalue weighted by Crippen LogP contribution is 2.26. The molecule has 2 rings (SSSR count). The van der Waals surface area contributed by atoms with Gasteiger partial charge in [-0.2, -0.15) is 0 Å². The summed E-state index contributed by atoms with van der Waals surface area (Å²) >= 11 is 4.73. The Kier molecular flexibility index (Phi) is 3.32. The van der Waals surface area contributed by atoms with E-state index >= 15 is 0 Å². The normalized spacial score (nSPS) is 22.7. The monoisotopic (exact) mass is 279 g/mol. The van der Waals surface area contributed by atoms with Crippen molar-refractivity contribution in [1.29, 1.82) is 0 Å². The molecule has 0 aromatic carbocycles. The maximum atomic E-state index is 9.15. The van der Waals surface area contributed by atoms with E-state index in [9.17, 15) is 0 Å². The SMILES string of the molecule is OCC1COCCN1c1nnc(Br)s1. The molecule has 14 heavy (non-hydrogen) atoms. The van der Waals surface area contributed by atoms with Crippen LogP contribution in [0.25, 0.3) is 0 Å². The Labute approximate surface area is 93.8 Å². The number of ether oxygens (including phenoxy) is 1. The molecule has 1 aliphatic rings. The van der Waals surface area contributed by atoms with Gasteiger partial charge in [0.15, 0.2) is 3.92 Å². The Bertz CT molecular complexity index is 309. The third-order valence-corrected chi connectivity index (χ3v) is 3.47. The maximum absolute atomic E-state index is 9.15. The second-order valence-electron chi connectivity index (χ2n) is 2.94. The summed E-state index contributed by atoms with van der Waals surface area (Å²) in [6, 6.07) is 0.00333. The quantitative estimate of drug-likeness (QED) is 0.854. The Morgan fingerprint density at radius 3 is 3.14 bits per heavy atom. The Balaban J connectivity index is 2.14. The second-order valence-corrected chi connectivity index (χ2v) is 5.17. The van der Waals surface area contributed by atoms with E-state index in [0.717, 1.165) is 15.6 Å². The highest BCUT2D eigenvalue weighted by atomic mass is 79.9. The molecule has 1 aromatic heterocycles. The van der Waals surface area contributed by atoms with Crippen molar-refractivity contribution in [1.82, 2.24) is 10.2 Å². The molecule has 78 valence electrons. The summed E-state index contributed by atoms with van der Waals surface area (Å²) in [5.74, 6) is 0. The summed E-state index contributed by atoms with van der Waals surface area (Å²) in [5, 5.41) is 17.9. The molecule has 7 heteroatoms. The lowest BCUT2D eigenvalue weighted by molar-refractivity contribution is 0.0726. The summed E-state index contributed by atoms with van der Waals surface area (Å²) in [4.78, 5) is 2.03. The minimum absolute atomic E-state index is 0.00333. The van der Waals surface area contributed by atoms with Crippen molar-refractivity contribution < 1.29 is 9.84 Å². The van der Waals surface area contributed by atoms with Gasteiger partial charge in [0.25, 0.3) is 0 Å². The highest BCUT2D eigenvalue weighted by Gasteiger charge is 2.25. The van der Waals surface area contributed by atoms with Gasteiger partial charge >= 0.3 is 0 Å². The van der Waals surface area contributed by atoms with Crippen molar-refractivity contribution in [2.45, 2.75) is 6.04 Å². The van der Waals surface area contributed by atoms with Gasteiger partial charge in [0.05, 0.1) is 25.9 Å². The first-order valence-electron chi connectivity index (χ1n) is 4.25. The number of aliphatic hydroxyl groups is 1. The molecule has 0 saturated carbocycles. The van der Waals surface area contributed by atoms with Gasteiger partial charge in [0.2, 0.25) is 5.13 Å². The maximum Gasteiger partial charge on any atom is 0.209 e. The molecule has 0 radical (unpaired) electrons. The average molecular weight is 280 g/mol. The van der Waals surface area contributed by atoms with E-state index in [4.69, 9.17) is 9.84 Å². The van der Waals surface area contributed by atoms with Gasteiger partial charge in [-0.15, -0.1) is 10.2 Å². The van der Waals surface area contributed by atoms with E-state index in [2.05, 4.69) is 26.1 Å². The largest absolute Gasteiger partial charge is 0.394 e. The highest BCUT2D eigenvalue weighted by molar-refractivity contribution is 9.11. The average Bonchev–Trinajstić information content (AvgIpc) is 2.65. The summed E-state index contributed by atoms with van der Waals surface area (Å²) in [7, 11) is 0. The number of halogens is 1. The molecule has 0 spiro atoms. The molecule has 1 unspecified atom stereocenters. The van der Waals surface area contributed by atoms with Crippen LogP contribution in [-0.2, 0) is 4.74 Å². The summed E-state index contributed by atoms with van der Waals surface area (Å²) < 4.78 is 6.03. The van der Waals surface area contributed by atoms with Crippen molar-refractivity contribution in [3.8, 4) is 0 Å². The van der Waals surface area contributed by atoms with Crippen molar-refractivity contribution >= 4 is 32.4 Å². The van der Waals surface area contributed by atoms with Gasteiger partial charge in [-0.1, -0.05) is 11.3 Å². The minimum Gasteiger partial charge on any atom is -0.394 e. The first-order valence-corrected chi connectivity index (χ1v) is 5.86. The van der Waals surface area contributed by atoms with Gasteiger partial charge in [0.1, 0.15) is 0 Å². The lowest BCUT2D eigenvalue weighted by Gasteiger charge is -2.33. The summed E-state index contributed by atoms with van der Waals surface area (Å²) in [6.07, 6.45) is 0. The van der Waals surface area contributed by atoms with E-state index in [0.29, 0.717) is 13.2 Å². The van der Waals surface area contributed by atoms with Crippen LogP contribution >= 0.6 is 27.3 Å². The van der Waals surface area contributed by atoms with E-state index in [1.165, 1.54) is 11.3 Å². The van der Waals surface area contributed by atoms with Gasteiger partial charge in [-0.05, 0) is 15.9 Å². The molecular weight excluding hydrogens is 270 g/mol. The van der Waals surface area contributed by atoms with Gasteiger partial charge in [0, 0.05) is 6.54 Å². The van der Waals surface area contributed by atoms with Crippen LogP contribution in [0.2, 0.25) is 0 Å². The van der Waals surface area contributed by atoms with Crippen LogP contribution in [0.15, 0.2) is 3.92 Å². The van der Waals surface area contributed by atoms with Gasteiger partial charge < -0.3 is 14.7 Å². The second kappa shape index (κ2) is 4.52. The number of aromatic nitrogens is 2. The fourth-order valence-corrected chi connectivity index (χ4v) is 2.56. The van der Waals surface area contributed by atoms with E-state index in [1.807, 2.05) is 4.90 Å². The van der Waals surface area contributed by atoms with Crippen molar-refractivity contribution in [3.63, 3.8) is 0 Å². The standard InChI is InChI=1S/C7H10BrN3O2S/c8-6-9-10-7(14-6)11-1-2-13-4-5(11)3-12/h5,12H,1-4H2. The third kappa shape index (κ3) is 2.05. The van der Waals surface area contributed by atoms with Crippen LogP contribution in [-0.4, -0.2) is 47.7 Å². The molecule has 0 bridgehead atoms. The summed E-state index contributed by atoms with van der Waals surface area (Å²) in [6.45, 7) is 2.06. The number of hydrogen-bond donors (Lipinski definition) is 1. The topological polar surface area (TPSA) is 58.5 Å². The van der Waals surface area contributed by atoms with Crippen LogP contribution in [0.4, 0.5) is 5.13 Å². The van der Waals surface area contributed by atoms with Crippen LogP contribution in [0.3, 0.4) is 0 Å². The molecule has 1 fully saturated rings. The molecule has 0 aliphatic carbocycles. The number of aliphatic hydroxyl groups excluding tert-OH is 1. The van der Waals surface area contributed by atoms with Gasteiger partial charge in [-0.25, -0.2) is 0 Å². The summed E-state index contributed by atoms with van der Waals surface area (Å²) in [5.41, 5.74) is 0. The number of hydrogen-bond acceptors (Lipinski definition) is 6. The molecule has 1 atom stereocenters. The van der Waals surface area contributed by atoms with Crippen LogP contribution < -0.4 is 4.90 Å². The fourth-order valence-electron chi connectivity index (χ4n) is 1.37. The van der Waals surface area contributed by atoms with Crippen molar-refractivity contribution in [3.05, 3.63) is 3.92 Å². The lowest BCUT2D eigenvalue weighted by Crippen LogP contribution is -2.47. The minimum atomic E-state index is 0.00333. The zero-order chi connectivity index (χ0) is 9.97. The first-order chi connectivity index (χ1) is 6.81. The molecule has 0 amide bonds. The number of anilines is 1. The number of morpholine rings is 1. The van der Waals surface area contributed by atoms with Crippen LogP contribution in [0, 0.1) is 0 Å². The number of rotatable bonds is 2. The lowest BCUT2D eigenvalue weighted by atomic mass is 10.2. The van der Waals surface area contributed by atoms with Crippen molar-refractivity contribution in [2.24, 2.45) is 0 Å². The molecule has 1 saturated heterocycles. The molecular formula is C7H10BrN3O2S.